The number of rotatable bonds is 5. The van der Waals surface area contributed by atoms with Crippen molar-refractivity contribution in [1.29, 1.82) is 0 Å². The number of ether oxygens (including phenoxy) is 1. The first kappa shape index (κ1) is 16.9. The zero-order valence-corrected chi connectivity index (χ0v) is 13.2. The van der Waals surface area contributed by atoms with Gasteiger partial charge in [0.1, 0.15) is 0 Å². The number of carbonyl (C=O) groups is 3. The topological polar surface area (TPSA) is 88.6 Å². The van der Waals surface area contributed by atoms with Crippen LogP contribution >= 0.6 is 0 Å². The maximum absolute atomic E-state index is 12.3. The predicted molar refractivity (Wildman–Crippen MR) is 82.6 cm³/mol. The van der Waals surface area contributed by atoms with Crippen LogP contribution in [0.4, 0.5) is 0 Å². The molecule has 0 spiro atoms. The standard InChI is InChI=1S/C16H21N3O4/c1-23-15(21)5-4-14(20)18-13-6-9-19(10-7-13)16(22)12-3-2-8-17-11-12/h2-3,8,11,13H,4-7,9-10H2,1H3,(H,18,20). The van der Waals surface area contributed by atoms with Gasteiger partial charge in [0.25, 0.3) is 5.91 Å². The summed E-state index contributed by atoms with van der Waals surface area (Å²) in [7, 11) is 1.30. The summed E-state index contributed by atoms with van der Waals surface area (Å²) in [6, 6.07) is 3.52. The molecule has 2 amide bonds. The fourth-order valence-electron chi connectivity index (χ4n) is 2.52. The molecule has 1 aromatic heterocycles. The SMILES string of the molecule is COC(=O)CCC(=O)NC1CCN(C(=O)c2cccnc2)CC1. The van der Waals surface area contributed by atoms with E-state index in [1.54, 1.807) is 29.4 Å². The summed E-state index contributed by atoms with van der Waals surface area (Å²) < 4.78 is 4.50. The van der Waals surface area contributed by atoms with E-state index in [2.05, 4.69) is 15.0 Å². The molecule has 23 heavy (non-hydrogen) atoms. The zero-order valence-electron chi connectivity index (χ0n) is 13.2. The Bertz CT molecular complexity index is 554. The first-order valence-electron chi connectivity index (χ1n) is 7.65. The summed E-state index contributed by atoms with van der Waals surface area (Å²) in [6.45, 7) is 1.19. The van der Waals surface area contributed by atoms with Gasteiger partial charge in [-0.3, -0.25) is 19.4 Å². The monoisotopic (exact) mass is 319 g/mol. The molecule has 1 fully saturated rings. The summed E-state index contributed by atoms with van der Waals surface area (Å²) in [4.78, 5) is 40.8. The van der Waals surface area contributed by atoms with Crippen LogP contribution in [0.2, 0.25) is 0 Å². The minimum atomic E-state index is -0.392. The molecule has 1 aliphatic heterocycles. The molecule has 1 aliphatic rings. The van der Waals surface area contributed by atoms with Crippen molar-refractivity contribution < 1.29 is 19.1 Å². The van der Waals surface area contributed by atoms with Crippen molar-refractivity contribution >= 4 is 17.8 Å². The molecule has 7 heteroatoms. The number of nitrogens with one attached hydrogen (secondary N) is 1. The second-order valence-corrected chi connectivity index (χ2v) is 5.45. The fraction of sp³-hybridized carbons (Fsp3) is 0.500. The van der Waals surface area contributed by atoms with E-state index in [0.29, 0.717) is 31.5 Å². The Balaban J connectivity index is 1.74. The highest BCUT2D eigenvalue weighted by atomic mass is 16.5. The molecular formula is C16H21N3O4. The number of pyridine rings is 1. The molecule has 124 valence electrons. The number of amides is 2. The van der Waals surface area contributed by atoms with Crippen molar-refractivity contribution in [2.75, 3.05) is 20.2 Å². The minimum absolute atomic E-state index is 0.0337. The van der Waals surface area contributed by atoms with Crippen LogP contribution in [0.3, 0.4) is 0 Å². The van der Waals surface area contributed by atoms with Crippen molar-refractivity contribution in [3.63, 3.8) is 0 Å². The maximum atomic E-state index is 12.3. The summed E-state index contributed by atoms with van der Waals surface area (Å²) in [5.41, 5.74) is 0.577. The van der Waals surface area contributed by atoms with Gasteiger partial charge in [-0.2, -0.15) is 0 Å². The van der Waals surface area contributed by atoms with Crippen LogP contribution < -0.4 is 5.32 Å². The van der Waals surface area contributed by atoms with E-state index in [4.69, 9.17) is 0 Å². The number of methoxy groups -OCH3 is 1. The highest BCUT2D eigenvalue weighted by Gasteiger charge is 2.24. The van der Waals surface area contributed by atoms with E-state index in [1.807, 2.05) is 0 Å². The Labute approximate surface area is 135 Å². The van der Waals surface area contributed by atoms with E-state index in [9.17, 15) is 14.4 Å². The van der Waals surface area contributed by atoms with Gasteiger partial charge < -0.3 is 15.0 Å². The Kier molecular flexibility index (Phi) is 6.08. The van der Waals surface area contributed by atoms with Gasteiger partial charge in [0.15, 0.2) is 0 Å². The lowest BCUT2D eigenvalue weighted by atomic mass is 10.0. The molecule has 0 aliphatic carbocycles. The van der Waals surface area contributed by atoms with Crippen LogP contribution in [-0.4, -0.2) is 53.9 Å². The van der Waals surface area contributed by atoms with Gasteiger partial charge in [-0.25, -0.2) is 0 Å². The molecule has 2 rings (SSSR count). The molecule has 1 saturated heterocycles. The number of hydrogen-bond acceptors (Lipinski definition) is 5. The van der Waals surface area contributed by atoms with E-state index >= 15 is 0 Å². The summed E-state index contributed by atoms with van der Waals surface area (Å²) >= 11 is 0. The lowest BCUT2D eigenvalue weighted by molar-refractivity contribution is -0.142. The number of piperidine rings is 1. The van der Waals surface area contributed by atoms with Crippen LogP contribution in [0.5, 0.6) is 0 Å². The van der Waals surface area contributed by atoms with Gasteiger partial charge in [-0.15, -0.1) is 0 Å². The smallest absolute Gasteiger partial charge is 0.306 e. The van der Waals surface area contributed by atoms with Crippen LogP contribution in [0.25, 0.3) is 0 Å². The van der Waals surface area contributed by atoms with Crippen LogP contribution in [-0.2, 0) is 14.3 Å². The number of aromatic nitrogens is 1. The molecule has 2 heterocycles. The first-order valence-corrected chi connectivity index (χ1v) is 7.65. The Hall–Kier alpha value is -2.44. The molecule has 0 bridgehead atoms. The molecule has 1 N–H and O–H groups in total. The van der Waals surface area contributed by atoms with Crippen molar-refractivity contribution in [3.05, 3.63) is 30.1 Å². The summed E-state index contributed by atoms with van der Waals surface area (Å²) in [5, 5.41) is 2.90. The quantitative estimate of drug-likeness (QED) is 0.809. The third kappa shape index (κ3) is 5.05. The largest absolute Gasteiger partial charge is 0.469 e. The lowest BCUT2D eigenvalue weighted by Crippen LogP contribution is -2.46. The second kappa shape index (κ2) is 8.26. The molecule has 0 saturated carbocycles. The minimum Gasteiger partial charge on any atom is -0.469 e. The Morgan fingerprint density at radius 2 is 2.04 bits per heavy atom. The number of esters is 1. The molecule has 0 atom stereocenters. The van der Waals surface area contributed by atoms with Crippen LogP contribution in [0.15, 0.2) is 24.5 Å². The van der Waals surface area contributed by atoms with Gasteiger partial charge in [0, 0.05) is 37.9 Å². The molecular weight excluding hydrogens is 298 g/mol. The van der Waals surface area contributed by atoms with E-state index in [0.717, 1.165) is 0 Å². The van der Waals surface area contributed by atoms with Crippen molar-refractivity contribution in [2.24, 2.45) is 0 Å². The first-order chi connectivity index (χ1) is 11.1. The Morgan fingerprint density at radius 3 is 2.65 bits per heavy atom. The number of carbonyl (C=O) groups excluding carboxylic acids is 3. The average Bonchev–Trinajstić information content (AvgIpc) is 2.60. The van der Waals surface area contributed by atoms with E-state index < -0.39 is 5.97 Å². The van der Waals surface area contributed by atoms with Gasteiger partial charge in [-0.1, -0.05) is 0 Å². The van der Waals surface area contributed by atoms with Gasteiger partial charge >= 0.3 is 5.97 Å². The van der Waals surface area contributed by atoms with E-state index in [-0.39, 0.29) is 30.7 Å². The lowest BCUT2D eigenvalue weighted by Gasteiger charge is -2.32. The third-order valence-corrected chi connectivity index (χ3v) is 3.84. The molecule has 0 aromatic carbocycles. The van der Waals surface area contributed by atoms with Crippen molar-refractivity contribution in [1.82, 2.24) is 15.2 Å². The van der Waals surface area contributed by atoms with Gasteiger partial charge in [0.2, 0.25) is 5.91 Å². The molecule has 1 aromatic rings. The van der Waals surface area contributed by atoms with Crippen molar-refractivity contribution in [2.45, 2.75) is 31.7 Å². The zero-order chi connectivity index (χ0) is 16.7. The van der Waals surface area contributed by atoms with Crippen LogP contribution in [0, 0.1) is 0 Å². The summed E-state index contributed by atoms with van der Waals surface area (Å²) in [5.74, 6) is -0.585. The molecule has 7 nitrogen and oxygen atoms in total. The highest BCUT2D eigenvalue weighted by Crippen LogP contribution is 2.14. The normalized spacial score (nSPS) is 15.1. The number of hydrogen-bond donors (Lipinski definition) is 1. The predicted octanol–water partition coefficient (Wildman–Crippen LogP) is 0.756. The van der Waals surface area contributed by atoms with E-state index in [1.165, 1.54) is 7.11 Å². The van der Waals surface area contributed by atoms with Crippen LogP contribution in [0.1, 0.15) is 36.0 Å². The number of likely N-dealkylation sites (tertiary alicyclic amines) is 1. The maximum Gasteiger partial charge on any atom is 0.306 e. The van der Waals surface area contributed by atoms with Crippen molar-refractivity contribution in [3.8, 4) is 0 Å². The summed E-state index contributed by atoms with van der Waals surface area (Å²) in [6.07, 6.45) is 4.81. The number of nitrogens with zero attached hydrogens (tertiary/aromatic N) is 2. The fourth-order valence-corrected chi connectivity index (χ4v) is 2.52. The average molecular weight is 319 g/mol. The third-order valence-electron chi connectivity index (χ3n) is 3.84. The van der Waals surface area contributed by atoms with Gasteiger partial charge in [0.05, 0.1) is 19.1 Å². The Morgan fingerprint density at radius 1 is 1.30 bits per heavy atom. The second-order valence-electron chi connectivity index (χ2n) is 5.45. The highest BCUT2D eigenvalue weighted by molar-refractivity contribution is 5.93. The molecule has 0 unspecified atom stereocenters. The molecule has 0 radical (unpaired) electrons. The van der Waals surface area contributed by atoms with Gasteiger partial charge in [-0.05, 0) is 25.0 Å².